The van der Waals surface area contributed by atoms with Gasteiger partial charge >= 0.3 is 0 Å². The molecule has 2 unspecified atom stereocenters. The third kappa shape index (κ3) is 4.93. The Morgan fingerprint density at radius 3 is 2.76 bits per heavy atom. The van der Waals surface area contributed by atoms with Gasteiger partial charge in [0, 0.05) is 32.6 Å². The Labute approximate surface area is 149 Å². The van der Waals surface area contributed by atoms with Crippen LogP contribution in [0.4, 0.5) is 0 Å². The van der Waals surface area contributed by atoms with Gasteiger partial charge < -0.3 is 20.4 Å². The molecule has 0 bridgehead atoms. The second-order valence-electron chi connectivity index (χ2n) is 7.51. The quantitative estimate of drug-likeness (QED) is 0.737. The van der Waals surface area contributed by atoms with Crippen molar-refractivity contribution in [3.63, 3.8) is 0 Å². The number of hydrogen-bond acceptors (Lipinski definition) is 4. The van der Waals surface area contributed by atoms with E-state index >= 15 is 0 Å². The van der Waals surface area contributed by atoms with Crippen molar-refractivity contribution < 1.29 is 14.4 Å². The van der Waals surface area contributed by atoms with Crippen molar-refractivity contribution in [2.24, 2.45) is 5.92 Å². The average molecular weight is 350 g/mol. The molecule has 3 fully saturated rings. The molecule has 0 aromatic rings. The Morgan fingerprint density at radius 2 is 2.00 bits per heavy atom. The van der Waals surface area contributed by atoms with Crippen molar-refractivity contribution in [3.05, 3.63) is 0 Å². The van der Waals surface area contributed by atoms with Crippen LogP contribution in [0.2, 0.25) is 0 Å². The summed E-state index contributed by atoms with van der Waals surface area (Å²) in [4.78, 5) is 40.1. The van der Waals surface area contributed by atoms with Gasteiger partial charge in [-0.05, 0) is 51.0 Å². The molecule has 3 aliphatic rings. The monoisotopic (exact) mass is 350 g/mol. The highest BCUT2D eigenvalue weighted by molar-refractivity contribution is 5.85. The smallest absolute Gasteiger partial charge is 0.242 e. The molecule has 0 aromatic carbocycles. The number of piperidine rings is 2. The average Bonchev–Trinajstić information content (AvgIpc) is 3.16. The van der Waals surface area contributed by atoms with Crippen LogP contribution in [-0.2, 0) is 14.4 Å². The first-order chi connectivity index (χ1) is 12.1. The maximum Gasteiger partial charge on any atom is 0.242 e. The van der Waals surface area contributed by atoms with Crippen LogP contribution in [0.25, 0.3) is 0 Å². The lowest BCUT2D eigenvalue weighted by atomic mass is 9.97. The Morgan fingerprint density at radius 1 is 1.12 bits per heavy atom. The first-order valence-electron chi connectivity index (χ1n) is 9.70. The molecular formula is C18H30N4O3. The number of hydrogen-bond donors (Lipinski definition) is 2. The lowest BCUT2D eigenvalue weighted by molar-refractivity contribution is -0.142. The highest BCUT2D eigenvalue weighted by atomic mass is 16.2. The van der Waals surface area contributed by atoms with E-state index in [-0.39, 0.29) is 30.3 Å². The zero-order valence-electron chi connectivity index (χ0n) is 15.0. The van der Waals surface area contributed by atoms with Gasteiger partial charge in [0.2, 0.25) is 17.7 Å². The topological polar surface area (TPSA) is 81.8 Å². The van der Waals surface area contributed by atoms with Crippen molar-refractivity contribution >= 4 is 17.7 Å². The maximum atomic E-state index is 12.5. The molecule has 3 rings (SSSR count). The molecule has 0 saturated carbocycles. The van der Waals surface area contributed by atoms with Crippen molar-refractivity contribution in [2.45, 2.75) is 51.0 Å². The third-order valence-electron chi connectivity index (χ3n) is 5.56. The number of carbonyl (C=O) groups excluding carboxylic acids is 3. The molecule has 0 radical (unpaired) electrons. The summed E-state index contributed by atoms with van der Waals surface area (Å²) in [6.07, 6.45) is 6.45. The number of nitrogens with one attached hydrogen (secondary N) is 2. The first-order valence-corrected chi connectivity index (χ1v) is 9.70. The summed E-state index contributed by atoms with van der Waals surface area (Å²) in [5.41, 5.74) is 0. The maximum absolute atomic E-state index is 12.5. The lowest BCUT2D eigenvalue weighted by Crippen LogP contribution is -2.50. The Bertz CT molecular complexity index is 505. The minimum atomic E-state index is -0.0496. The molecule has 3 amide bonds. The van der Waals surface area contributed by atoms with Gasteiger partial charge in [0.05, 0.1) is 12.6 Å². The number of amides is 3. The van der Waals surface area contributed by atoms with E-state index in [0.717, 1.165) is 51.6 Å². The van der Waals surface area contributed by atoms with Gasteiger partial charge in [-0.2, -0.15) is 0 Å². The molecule has 3 heterocycles. The molecule has 3 aliphatic heterocycles. The fourth-order valence-corrected chi connectivity index (χ4v) is 4.03. The molecule has 25 heavy (non-hydrogen) atoms. The zero-order valence-corrected chi connectivity index (χ0v) is 15.0. The molecule has 7 nitrogen and oxygen atoms in total. The molecule has 0 aromatic heterocycles. The summed E-state index contributed by atoms with van der Waals surface area (Å²) in [5, 5.41) is 6.24. The number of nitrogens with zero attached hydrogens (tertiary/aromatic N) is 2. The third-order valence-corrected chi connectivity index (χ3v) is 5.56. The van der Waals surface area contributed by atoms with Crippen LogP contribution in [0.5, 0.6) is 0 Å². The van der Waals surface area contributed by atoms with Crippen LogP contribution in [-0.4, -0.2) is 72.8 Å². The van der Waals surface area contributed by atoms with Crippen molar-refractivity contribution in [3.8, 4) is 0 Å². The van der Waals surface area contributed by atoms with Crippen molar-refractivity contribution in [1.29, 1.82) is 0 Å². The summed E-state index contributed by atoms with van der Waals surface area (Å²) in [6.45, 7) is 3.90. The Hall–Kier alpha value is -1.63. The van der Waals surface area contributed by atoms with Crippen molar-refractivity contribution in [2.75, 3.05) is 39.3 Å². The lowest BCUT2D eigenvalue weighted by Gasteiger charge is -2.35. The van der Waals surface area contributed by atoms with E-state index in [1.165, 1.54) is 0 Å². The van der Waals surface area contributed by atoms with Crippen molar-refractivity contribution in [1.82, 2.24) is 20.4 Å². The van der Waals surface area contributed by atoms with E-state index in [9.17, 15) is 14.4 Å². The van der Waals surface area contributed by atoms with E-state index < -0.39 is 0 Å². The predicted octanol–water partition coefficient (Wildman–Crippen LogP) is 0.106. The predicted molar refractivity (Wildman–Crippen MR) is 93.8 cm³/mol. The molecule has 0 aliphatic carbocycles. The van der Waals surface area contributed by atoms with Crippen LogP contribution >= 0.6 is 0 Å². The largest absolute Gasteiger partial charge is 0.354 e. The second kappa shape index (κ2) is 8.65. The summed E-state index contributed by atoms with van der Waals surface area (Å²) >= 11 is 0. The van der Waals surface area contributed by atoms with Crippen LogP contribution in [0, 0.1) is 5.92 Å². The molecule has 2 N–H and O–H groups in total. The SMILES string of the molecule is O=C(NCC1CCCN(C(=O)CN2CCCCC2=O)C1)C1CCCN1. The first kappa shape index (κ1) is 18.2. The summed E-state index contributed by atoms with van der Waals surface area (Å²) in [5.74, 6) is 0.535. The van der Waals surface area contributed by atoms with Crippen LogP contribution in [0.3, 0.4) is 0 Å². The van der Waals surface area contributed by atoms with Gasteiger partial charge in [-0.1, -0.05) is 0 Å². The zero-order chi connectivity index (χ0) is 17.6. The Kier molecular flexibility index (Phi) is 6.29. The molecule has 140 valence electrons. The summed E-state index contributed by atoms with van der Waals surface area (Å²) < 4.78 is 0. The van der Waals surface area contributed by atoms with E-state index in [2.05, 4.69) is 10.6 Å². The van der Waals surface area contributed by atoms with E-state index in [4.69, 9.17) is 0 Å². The second-order valence-corrected chi connectivity index (χ2v) is 7.51. The van der Waals surface area contributed by atoms with Gasteiger partial charge in [-0.15, -0.1) is 0 Å². The standard InChI is InChI=1S/C18H30N4O3/c23-16-7-1-2-9-22(16)13-17(24)21-10-4-5-14(12-21)11-20-18(25)15-6-3-8-19-15/h14-15,19H,1-13H2,(H,20,25). The van der Waals surface area contributed by atoms with Crippen LogP contribution < -0.4 is 10.6 Å². The fourth-order valence-electron chi connectivity index (χ4n) is 4.03. The van der Waals surface area contributed by atoms with Crippen LogP contribution in [0.1, 0.15) is 44.9 Å². The van der Waals surface area contributed by atoms with Gasteiger partial charge in [0.15, 0.2) is 0 Å². The van der Waals surface area contributed by atoms with Gasteiger partial charge in [0.1, 0.15) is 0 Å². The van der Waals surface area contributed by atoms with E-state index in [1.807, 2.05) is 4.90 Å². The highest BCUT2D eigenvalue weighted by Crippen LogP contribution is 2.17. The Balaban J connectivity index is 1.43. The molecule has 0 spiro atoms. The minimum Gasteiger partial charge on any atom is -0.354 e. The summed E-state index contributed by atoms with van der Waals surface area (Å²) in [6, 6.07) is -0.0496. The van der Waals surface area contributed by atoms with Gasteiger partial charge in [-0.3, -0.25) is 14.4 Å². The van der Waals surface area contributed by atoms with Crippen LogP contribution in [0.15, 0.2) is 0 Å². The summed E-state index contributed by atoms with van der Waals surface area (Å²) in [7, 11) is 0. The number of likely N-dealkylation sites (tertiary alicyclic amines) is 2. The number of carbonyl (C=O) groups is 3. The van der Waals surface area contributed by atoms with E-state index in [0.29, 0.717) is 32.0 Å². The minimum absolute atomic E-state index is 0.0451. The van der Waals surface area contributed by atoms with E-state index in [1.54, 1.807) is 4.90 Å². The molecule has 2 atom stereocenters. The molecule has 7 heteroatoms. The van der Waals surface area contributed by atoms with Gasteiger partial charge in [-0.25, -0.2) is 0 Å². The molecular weight excluding hydrogens is 320 g/mol. The molecule has 3 saturated heterocycles. The fraction of sp³-hybridized carbons (Fsp3) is 0.833. The number of rotatable bonds is 5. The van der Waals surface area contributed by atoms with Gasteiger partial charge in [0.25, 0.3) is 0 Å². The highest BCUT2D eigenvalue weighted by Gasteiger charge is 2.28. The normalized spacial score (nSPS) is 27.4.